The molecule has 0 spiro atoms. The number of carbonyl (C=O) groups excluding carboxylic acids is 1. The van der Waals surface area contributed by atoms with Gasteiger partial charge >= 0.3 is 12.1 Å². The second-order valence-corrected chi connectivity index (χ2v) is 6.14. The lowest BCUT2D eigenvalue weighted by molar-refractivity contribution is -0.167. The predicted molar refractivity (Wildman–Crippen MR) is 93.2 cm³/mol. The van der Waals surface area contributed by atoms with Crippen LogP contribution in [0.15, 0.2) is 47.4 Å². The lowest BCUT2D eigenvalue weighted by Crippen LogP contribution is -2.34. The van der Waals surface area contributed by atoms with Crippen molar-refractivity contribution in [2.75, 3.05) is 18.4 Å². The predicted octanol–water partition coefficient (Wildman–Crippen LogP) is 2.47. The molecule has 1 saturated heterocycles. The number of aromatic nitrogens is 1. The van der Waals surface area contributed by atoms with E-state index in [2.05, 4.69) is 5.32 Å². The van der Waals surface area contributed by atoms with Gasteiger partial charge in [-0.2, -0.15) is 13.2 Å². The number of anilines is 1. The molecule has 1 aliphatic rings. The van der Waals surface area contributed by atoms with Crippen LogP contribution in [-0.2, 0) is 4.79 Å². The summed E-state index contributed by atoms with van der Waals surface area (Å²) in [5.74, 6) is -1.57. The molecule has 144 valence electrons. The highest BCUT2D eigenvalue weighted by Gasteiger charge is 2.38. The maximum absolute atomic E-state index is 12.3. The second kappa shape index (κ2) is 7.83. The van der Waals surface area contributed by atoms with Crippen LogP contribution in [0.1, 0.15) is 12.8 Å². The van der Waals surface area contributed by atoms with E-state index in [-0.39, 0.29) is 17.4 Å². The molecule has 2 aromatic rings. The first kappa shape index (κ1) is 19.0. The summed E-state index contributed by atoms with van der Waals surface area (Å²) in [4.78, 5) is 23.3. The van der Waals surface area contributed by atoms with Crippen LogP contribution in [0.3, 0.4) is 0 Å². The van der Waals surface area contributed by atoms with E-state index in [4.69, 9.17) is 4.74 Å². The van der Waals surface area contributed by atoms with Crippen molar-refractivity contribution in [3.05, 3.63) is 52.9 Å². The molecule has 6 nitrogen and oxygen atoms in total. The highest BCUT2D eigenvalue weighted by atomic mass is 19.4. The molecule has 1 aromatic heterocycles. The molecule has 1 aromatic carbocycles. The number of piperidine rings is 1. The van der Waals surface area contributed by atoms with Crippen molar-refractivity contribution >= 4 is 11.6 Å². The molecule has 1 aliphatic heterocycles. The van der Waals surface area contributed by atoms with Gasteiger partial charge in [-0.15, -0.1) is 0 Å². The van der Waals surface area contributed by atoms with Gasteiger partial charge in [0, 0.05) is 23.6 Å². The molecule has 3 rings (SSSR count). The van der Waals surface area contributed by atoms with Crippen molar-refractivity contribution in [2.24, 2.45) is 0 Å². The van der Waals surface area contributed by atoms with E-state index in [0.717, 1.165) is 25.9 Å². The molecule has 1 fully saturated rings. The molecule has 0 atom stereocenters. The molecular formula is C18H18F3N3O3. The SMILES string of the molecule is O=C(Nc1ccc(-n2ccc(OC3CCNCC3)cc2=O)cc1)C(F)(F)F. The molecule has 0 bridgehead atoms. The molecule has 0 unspecified atom stereocenters. The number of halogens is 3. The summed E-state index contributed by atoms with van der Waals surface area (Å²) in [6.45, 7) is 1.75. The van der Waals surface area contributed by atoms with Crippen molar-refractivity contribution in [2.45, 2.75) is 25.1 Å². The average molecular weight is 381 g/mol. The Kier molecular flexibility index (Phi) is 5.50. The number of hydrogen-bond donors (Lipinski definition) is 2. The quantitative estimate of drug-likeness (QED) is 0.854. The second-order valence-electron chi connectivity index (χ2n) is 6.14. The van der Waals surface area contributed by atoms with Gasteiger partial charge in [-0.1, -0.05) is 0 Å². The number of amides is 1. The molecular weight excluding hydrogens is 363 g/mol. The molecule has 0 saturated carbocycles. The zero-order valence-corrected chi connectivity index (χ0v) is 14.3. The van der Waals surface area contributed by atoms with Crippen molar-refractivity contribution < 1.29 is 22.7 Å². The van der Waals surface area contributed by atoms with Crippen LogP contribution < -0.4 is 20.9 Å². The third kappa shape index (κ3) is 4.88. The normalized spacial score (nSPS) is 15.4. The molecule has 0 aliphatic carbocycles. The summed E-state index contributed by atoms with van der Waals surface area (Å²) >= 11 is 0. The lowest BCUT2D eigenvalue weighted by Gasteiger charge is -2.23. The third-order valence-electron chi connectivity index (χ3n) is 4.14. The number of pyridine rings is 1. The van der Waals surface area contributed by atoms with E-state index in [1.807, 2.05) is 0 Å². The standard InChI is InChI=1S/C18H18F3N3O3/c19-18(20,21)17(26)23-12-1-3-13(4-2-12)24-10-7-15(11-16(24)25)27-14-5-8-22-9-6-14/h1-4,7,10-11,14,22H,5-6,8-9H2,(H,23,26). The van der Waals surface area contributed by atoms with E-state index in [1.54, 1.807) is 17.6 Å². The first-order valence-electron chi connectivity index (χ1n) is 8.41. The third-order valence-corrected chi connectivity index (χ3v) is 4.14. The summed E-state index contributed by atoms with van der Waals surface area (Å²) in [6, 6.07) is 8.53. The van der Waals surface area contributed by atoms with Crippen LogP contribution >= 0.6 is 0 Å². The minimum Gasteiger partial charge on any atom is -0.490 e. The zero-order valence-electron chi connectivity index (χ0n) is 14.3. The molecule has 0 radical (unpaired) electrons. The lowest BCUT2D eigenvalue weighted by atomic mass is 10.1. The first-order valence-corrected chi connectivity index (χ1v) is 8.41. The van der Waals surface area contributed by atoms with Gasteiger partial charge in [-0.25, -0.2) is 0 Å². The summed E-state index contributed by atoms with van der Waals surface area (Å²) in [6.07, 6.45) is -1.61. The van der Waals surface area contributed by atoms with E-state index >= 15 is 0 Å². The van der Waals surface area contributed by atoms with E-state index in [1.165, 1.54) is 34.9 Å². The Balaban J connectivity index is 1.70. The molecule has 2 heterocycles. The minimum absolute atomic E-state index is 0.0139. The average Bonchev–Trinajstić information content (AvgIpc) is 2.63. The molecule has 9 heteroatoms. The number of benzene rings is 1. The number of nitrogens with zero attached hydrogens (tertiary/aromatic N) is 1. The molecule has 27 heavy (non-hydrogen) atoms. The maximum Gasteiger partial charge on any atom is 0.471 e. The zero-order chi connectivity index (χ0) is 19.4. The Morgan fingerprint density at radius 1 is 1.15 bits per heavy atom. The van der Waals surface area contributed by atoms with Crippen LogP contribution in [0.2, 0.25) is 0 Å². The summed E-state index contributed by atoms with van der Waals surface area (Å²) in [5.41, 5.74) is 0.118. The van der Waals surface area contributed by atoms with Gasteiger partial charge in [0.15, 0.2) is 0 Å². The number of carbonyl (C=O) groups is 1. The number of hydrogen-bond acceptors (Lipinski definition) is 4. The van der Waals surface area contributed by atoms with E-state index < -0.39 is 12.1 Å². The minimum atomic E-state index is -4.96. The van der Waals surface area contributed by atoms with Gasteiger partial charge in [0.1, 0.15) is 11.9 Å². The van der Waals surface area contributed by atoms with Gasteiger partial charge in [0.05, 0.1) is 0 Å². The number of alkyl halides is 3. The maximum atomic E-state index is 12.3. The topological polar surface area (TPSA) is 72.4 Å². The Morgan fingerprint density at radius 2 is 1.81 bits per heavy atom. The number of rotatable bonds is 4. The van der Waals surface area contributed by atoms with Crippen LogP contribution in [-0.4, -0.2) is 35.8 Å². The fourth-order valence-corrected chi connectivity index (χ4v) is 2.76. The van der Waals surface area contributed by atoms with Gasteiger partial charge in [0.25, 0.3) is 5.56 Å². The summed E-state index contributed by atoms with van der Waals surface area (Å²) in [7, 11) is 0. The number of nitrogens with one attached hydrogen (secondary N) is 2. The fourth-order valence-electron chi connectivity index (χ4n) is 2.76. The van der Waals surface area contributed by atoms with Crippen LogP contribution in [0.25, 0.3) is 5.69 Å². The van der Waals surface area contributed by atoms with Crippen molar-refractivity contribution in [3.63, 3.8) is 0 Å². The van der Waals surface area contributed by atoms with E-state index in [0.29, 0.717) is 11.4 Å². The van der Waals surface area contributed by atoms with Crippen molar-refractivity contribution in [1.29, 1.82) is 0 Å². The Morgan fingerprint density at radius 3 is 2.41 bits per heavy atom. The van der Waals surface area contributed by atoms with Gasteiger partial charge in [-0.05, 0) is 56.3 Å². The highest BCUT2D eigenvalue weighted by Crippen LogP contribution is 2.20. The van der Waals surface area contributed by atoms with Crippen LogP contribution in [0.4, 0.5) is 18.9 Å². The smallest absolute Gasteiger partial charge is 0.471 e. The Bertz CT molecular complexity index is 857. The fraction of sp³-hybridized carbons (Fsp3) is 0.333. The number of ether oxygens (including phenoxy) is 1. The summed E-state index contributed by atoms with van der Waals surface area (Å²) < 4.78 is 43.9. The monoisotopic (exact) mass is 381 g/mol. The van der Waals surface area contributed by atoms with Gasteiger partial charge in [0.2, 0.25) is 0 Å². The van der Waals surface area contributed by atoms with Gasteiger partial charge in [-0.3, -0.25) is 14.2 Å². The molecule has 2 N–H and O–H groups in total. The first-order chi connectivity index (χ1) is 12.8. The molecule has 1 amide bonds. The van der Waals surface area contributed by atoms with Gasteiger partial charge < -0.3 is 15.4 Å². The van der Waals surface area contributed by atoms with Crippen molar-refractivity contribution in [1.82, 2.24) is 9.88 Å². The Hall–Kier alpha value is -2.81. The van der Waals surface area contributed by atoms with Crippen LogP contribution in [0.5, 0.6) is 5.75 Å². The van der Waals surface area contributed by atoms with Crippen molar-refractivity contribution in [3.8, 4) is 11.4 Å². The highest BCUT2D eigenvalue weighted by molar-refractivity contribution is 5.94. The van der Waals surface area contributed by atoms with E-state index in [9.17, 15) is 22.8 Å². The largest absolute Gasteiger partial charge is 0.490 e. The Labute approximate surface area is 152 Å². The van der Waals surface area contributed by atoms with Crippen LogP contribution in [0, 0.1) is 0 Å². The summed E-state index contributed by atoms with van der Waals surface area (Å²) in [5, 5.41) is 4.99.